The molecule has 1 atom stereocenters. The lowest BCUT2D eigenvalue weighted by Gasteiger charge is -2.14. The summed E-state index contributed by atoms with van der Waals surface area (Å²) in [5, 5.41) is 5.87. The first-order valence-corrected chi connectivity index (χ1v) is 4.79. The lowest BCUT2D eigenvalue weighted by Crippen LogP contribution is -2.44. The van der Waals surface area contributed by atoms with Crippen LogP contribution in [-0.2, 0) is 4.79 Å². The maximum atomic E-state index is 11.3. The smallest absolute Gasteiger partial charge is 0.236 e. The van der Waals surface area contributed by atoms with E-state index in [0.29, 0.717) is 19.0 Å². The minimum atomic E-state index is -0.151. The Bertz CT molecular complexity index is 148. The second-order valence-corrected chi connectivity index (χ2v) is 3.60. The van der Waals surface area contributed by atoms with Crippen molar-refractivity contribution in [1.82, 2.24) is 10.6 Å². The van der Waals surface area contributed by atoms with Crippen molar-refractivity contribution in [3.63, 3.8) is 0 Å². The summed E-state index contributed by atoms with van der Waals surface area (Å²) in [4.78, 5) is 11.3. The van der Waals surface area contributed by atoms with Crippen LogP contribution in [0.2, 0.25) is 0 Å². The van der Waals surface area contributed by atoms with Crippen molar-refractivity contribution in [2.75, 3.05) is 19.6 Å². The van der Waals surface area contributed by atoms with Crippen LogP contribution in [0.4, 0.5) is 0 Å². The maximum Gasteiger partial charge on any atom is 0.236 e. The normalized spacial score (nSPS) is 13.0. The number of amides is 1. The number of carbonyl (C=O) groups excluding carboxylic acids is 1. The number of rotatable bonds is 6. The fraction of sp³-hybridized carbons (Fsp3) is 0.889. The Labute approximate surface area is 80.3 Å². The highest BCUT2D eigenvalue weighted by atomic mass is 16.2. The highest BCUT2D eigenvalue weighted by Gasteiger charge is 2.10. The minimum absolute atomic E-state index is 0.0437. The van der Waals surface area contributed by atoms with Crippen molar-refractivity contribution < 1.29 is 4.79 Å². The highest BCUT2D eigenvalue weighted by molar-refractivity contribution is 5.81. The molecule has 0 radical (unpaired) electrons. The van der Waals surface area contributed by atoms with Crippen molar-refractivity contribution in [2.45, 2.75) is 26.8 Å². The van der Waals surface area contributed by atoms with Gasteiger partial charge in [0.15, 0.2) is 0 Å². The molecule has 13 heavy (non-hydrogen) atoms. The Balaban J connectivity index is 3.57. The second-order valence-electron chi connectivity index (χ2n) is 3.60. The zero-order chi connectivity index (χ0) is 10.3. The minimum Gasteiger partial charge on any atom is -0.354 e. The van der Waals surface area contributed by atoms with E-state index < -0.39 is 0 Å². The first-order valence-electron chi connectivity index (χ1n) is 4.79. The zero-order valence-corrected chi connectivity index (χ0v) is 8.76. The van der Waals surface area contributed by atoms with Gasteiger partial charge in [0, 0.05) is 19.6 Å². The van der Waals surface area contributed by atoms with Gasteiger partial charge in [0.1, 0.15) is 0 Å². The molecule has 0 saturated heterocycles. The van der Waals surface area contributed by atoms with Gasteiger partial charge in [-0.3, -0.25) is 4.79 Å². The van der Waals surface area contributed by atoms with Crippen molar-refractivity contribution in [3.05, 3.63) is 0 Å². The fourth-order valence-electron chi connectivity index (χ4n) is 0.850. The number of hydrogen-bond acceptors (Lipinski definition) is 3. The average molecular weight is 187 g/mol. The van der Waals surface area contributed by atoms with E-state index in [1.165, 1.54) is 0 Å². The number of nitrogens with one attached hydrogen (secondary N) is 2. The topological polar surface area (TPSA) is 67.2 Å². The summed E-state index contributed by atoms with van der Waals surface area (Å²) in [6.45, 7) is 7.94. The van der Waals surface area contributed by atoms with Crippen LogP contribution >= 0.6 is 0 Å². The van der Waals surface area contributed by atoms with Crippen LogP contribution in [0, 0.1) is 5.92 Å². The molecule has 0 aromatic carbocycles. The quantitative estimate of drug-likeness (QED) is 0.534. The summed E-state index contributed by atoms with van der Waals surface area (Å²) < 4.78 is 0. The summed E-state index contributed by atoms with van der Waals surface area (Å²) >= 11 is 0. The molecule has 0 aliphatic rings. The van der Waals surface area contributed by atoms with Crippen LogP contribution in [0.15, 0.2) is 0 Å². The molecule has 0 aliphatic carbocycles. The molecule has 0 aromatic heterocycles. The third-order valence-electron chi connectivity index (χ3n) is 1.67. The third-order valence-corrected chi connectivity index (χ3v) is 1.67. The van der Waals surface area contributed by atoms with E-state index in [2.05, 4.69) is 24.5 Å². The van der Waals surface area contributed by atoms with Crippen LogP contribution in [-0.4, -0.2) is 31.6 Å². The van der Waals surface area contributed by atoms with E-state index in [1.54, 1.807) is 0 Å². The molecule has 0 heterocycles. The Morgan fingerprint density at radius 1 is 1.38 bits per heavy atom. The first-order chi connectivity index (χ1) is 6.07. The Hall–Kier alpha value is -0.610. The molecule has 0 spiro atoms. The third kappa shape index (κ3) is 6.54. The molecular weight excluding hydrogens is 166 g/mol. The number of carbonyl (C=O) groups is 1. The highest BCUT2D eigenvalue weighted by Crippen LogP contribution is 1.88. The van der Waals surface area contributed by atoms with E-state index >= 15 is 0 Å². The first kappa shape index (κ1) is 12.4. The monoisotopic (exact) mass is 187 g/mol. The van der Waals surface area contributed by atoms with Crippen LogP contribution in [0.25, 0.3) is 0 Å². The molecule has 4 heteroatoms. The van der Waals surface area contributed by atoms with Gasteiger partial charge in [-0.15, -0.1) is 0 Å². The lowest BCUT2D eigenvalue weighted by molar-refractivity contribution is -0.122. The van der Waals surface area contributed by atoms with Gasteiger partial charge in [0.05, 0.1) is 6.04 Å². The molecule has 78 valence electrons. The van der Waals surface area contributed by atoms with Gasteiger partial charge in [-0.25, -0.2) is 0 Å². The maximum absolute atomic E-state index is 11.3. The van der Waals surface area contributed by atoms with Crippen molar-refractivity contribution >= 4 is 5.91 Å². The van der Waals surface area contributed by atoms with Crippen molar-refractivity contribution in [2.24, 2.45) is 11.7 Å². The summed E-state index contributed by atoms with van der Waals surface area (Å²) in [5.74, 6) is 0.535. The summed E-state index contributed by atoms with van der Waals surface area (Å²) in [6.07, 6.45) is 0. The van der Waals surface area contributed by atoms with Crippen molar-refractivity contribution in [3.8, 4) is 0 Å². The van der Waals surface area contributed by atoms with Gasteiger partial charge >= 0.3 is 0 Å². The Morgan fingerprint density at radius 2 is 2.00 bits per heavy atom. The van der Waals surface area contributed by atoms with Crippen LogP contribution in [0.5, 0.6) is 0 Å². The van der Waals surface area contributed by atoms with E-state index in [1.807, 2.05) is 6.92 Å². The fourth-order valence-corrected chi connectivity index (χ4v) is 0.850. The summed E-state index contributed by atoms with van der Waals surface area (Å²) in [6, 6.07) is -0.151. The van der Waals surface area contributed by atoms with E-state index in [4.69, 9.17) is 5.73 Å². The van der Waals surface area contributed by atoms with Gasteiger partial charge in [-0.05, 0) is 12.8 Å². The van der Waals surface area contributed by atoms with E-state index in [0.717, 1.165) is 6.54 Å². The van der Waals surface area contributed by atoms with Gasteiger partial charge in [0.25, 0.3) is 0 Å². The SMILES string of the molecule is CC(C)CNC(=O)[C@H](C)NCCN. The van der Waals surface area contributed by atoms with Crippen LogP contribution in [0.1, 0.15) is 20.8 Å². The largest absolute Gasteiger partial charge is 0.354 e. The predicted octanol–water partition coefficient (Wildman–Crippen LogP) is -0.305. The Kier molecular flexibility index (Phi) is 6.54. The van der Waals surface area contributed by atoms with Gasteiger partial charge in [-0.1, -0.05) is 13.8 Å². The van der Waals surface area contributed by atoms with E-state index in [9.17, 15) is 4.79 Å². The molecule has 1 amide bonds. The molecule has 0 saturated carbocycles. The molecule has 0 bridgehead atoms. The van der Waals surface area contributed by atoms with Gasteiger partial charge < -0.3 is 16.4 Å². The van der Waals surface area contributed by atoms with E-state index in [-0.39, 0.29) is 11.9 Å². The molecule has 0 fully saturated rings. The molecular formula is C9H21N3O. The van der Waals surface area contributed by atoms with Crippen LogP contribution in [0.3, 0.4) is 0 Å². The van der Waals surface area contributed by atoms with Crippen LogP contribution < -0.4 is 16.4 Å². The molecule has 4 nitrogen and oxygen atoms in total. The van der Waals surface area contributed by atoms with Gasteiger partial charge in [0.2, 0.25) is 5.91 Å². The standard InChI is InChI=1S/C9H21N3O/c1-7(2)6-12-9(13)8(3)11-5-4-10/h7-8,11H,4-6,10H2,1-3H3,(H,12,13)/t8-/m0/s1. The average Bonchev–Trinajstić information content (AvgIpc) is 2.10. The Morgan fingerprint density at radius 3 is 2.46 bits per heavy atom. The zero-order valence-electron chi connectivity index (χ0n) is 8.76. The molecule has 0 rings (SSSR count). The molecule has 0 unspecified atom stereocenters. The predicted molar refractivity (Wildman–Crippen MR) is 54.4 cm³/mol. The molecule has 0 aliphatic heterocycles. The molecule has 4 N–H and O–H groups in total. The number of nitrogens with two attached hydrogens (primary N) is 1. The summed E-state index contributed by atoms with van der Waals surface area (Å²) in [7, 11) is 0. The second kappa shape index (κ2) is 6.86. The lowest BCUT2D eigenvalue weighted by atomic mass is 10.2. The van der Waals surface area contributed by atoms with Gasteiger partial charge in [-0.2, -0.15) is 0 Å². The summed E-state index contributed by atoms with van der Waals surface area (Å²) in [5.41, 5.74) is 5.30. The molecule has 0 aromatic rings. The van der Waals surface area contributed by atoms with Crippen molar-refractivity contribution in [1.29, 1.82) is 0 Å². The number of hydrogen-bond donors (Lipinski definition) is 3.